The number of nitrogens with zero attached hydrogens (tertiary/aromatic N) is 3. The molecule has 0 spiro atoms. The highest BCUT2D eigenvalue weighted by molar-refractivity contribution is 7.98. The van der Waals surface area contributed by atoms with Crippen LogP contribution in [-0.4, -0.2) is 33.4 Å². The zero-order chi connectivity index (χ0) is 12.7. The standard InChI is InChI=1S/C9H13ClN4O2S/c1-17-5-3-2-4-11-9-7(14(15)16)8(10)12-6-13-9/h6H,2-5H2,1H3,(H,11,12,13). The lowest BCUT2D eigenvalue weighted by Gasteiger charge is -2.05. The third-order valence-electron chi connectivity index (χ3n) is 2.03. The lowest BCUT2D eigenvalue weighted by Crippen LogP contribution is -2.07. The number of halogens is 1. The molecule has 1 heterocycles. The predicted octanol–water partition coefficient (Wildman–Crippen LogP) is 2.59. The van der Waals surface area contributed by atoms with E-state index in [4.69, 9.17) is 11.6 Å². The SMILES string of the molecule is CSCCCCNc1ncnc(Cl)c1[N+](=O)[O-]. The van der Waals surface area contributed by atoms with Crippen molar-refractivity contribution in [2.24, 2.45) is 0 Å². The van der Waals surface area contributed by atoms with E-state index in [2.05, 4.69) is 15.3 Å². The van der Waals surface area contributed by atoms with E-state index in [1.54, 1.807) is 11.8 Å². The molecule has 0 aliphatic rings. The van der Waals surface area contributed by atoms with Crippen LogP contribution >= 0.6 is 23.4 Å². The minimum Gasteiger partial charge on any atom is -0.364 e. The molecule has 0 atom stereocenters. The molecule has 0 fully saturated rings. The minimum absolute atomic E-state index is 0.142. The normalized spacial score (nSPS) is 10.2. The van der Waals surface area contributed by atoms with Crippen molar-refractivity contribution in [2.75, 3.05) is 23.9 Å². The Kier molecular flexibility index (Phi) is 5.99. The average molecular weight is 277 g/mol. The van der Waals surface area contributed by atoms with E-state index in [-0.39, 0.29) is 16.7 Å². The zero-order valence-electron chi connectivity index (χ0n) is 9.35. The van der Waals surface area contributed by atoms with Gasteiger partial charge in [-0.25, -0.2) is 9.97 Å². The minimum atomic E-state index is -0.577. The number of anilines is 1. The molecule has 0 aliphatic heterocycles. The van der Waals surface area contributed by atoms with Crippen molar-refractivity contribution in [3.8, 4) is 0 Å². The smallest absolute Gasteiger partial charge is 0.348 e. The Labute approximate surface area is 108 Å². The fourth-order valence-corrected chi connectivity index (χ4v) is 1.92. The third kappa shape index (κ3) is 4.35. The van der Waals surface area contributed by atoms with Crippen LogP contribution in [0.4, 0.5) is 11.5 Å². The number of nitro groups is 1. The molecule has 0 saturated carbocycles. The van der Waals surface area contributed by atoms with E-state index in [0.29, 0.717) is 6.54 Å². The first-order valence-corrected chi connectivity index (χ1v) is 6.81. The molecule has 0 saturated heterocycles. The van der Waals surface area contributed by atoms with E-state index in [1.165, 1.54) is 6.33 Å². The maximum Gasteiger partial charge on any atom is 0.348 e. The molecule has 0 aromatic carbocycles. The molecule has 8 heteroatoms. The highest BCUT2D eigenvalue weighted by Gasteiger charge is 2.20. The van der Waals surface area contributed by atoms with Crippen LogP contribution in [0.15, 0.2) is 6.33 Å². The van der Waals surface area contributed by atoms with Crippen molar-refractivity contribution in [3.63, 3.8) is 0 Å². The number of nitrogens with one attached hydrogen (secondary N) is 1. The molecular weight excluding hydrogens is 264 g/mol. The van der Waals surface area contributed by atoms with Gasteiger partial charge in [-0.1, -0.05) is 11.6 Å². The van der Waals surface area contributed by atoms with Crippen molar-refractivity contribution >= 4 is 34.9 Å². The molecule has 94 valence electrons. The molecule has 17 heavy (non-hydrogen) atoms. The van der Waals surface area contributed by atoms with Crippen molar-refractivity contribution in [3.05, 3.63) is 21.6 Å². The third-order valence-corrected chi connectivity index (χ3v) is 3.00. The van der Waals surface area contributed by atoms with Gasteiger partial charge in [0.15, 0.2) is 0 Å². The molecule has 0 amide bonds. The van der Waals surface area contributed by atoms with Crippen LogP contribution in [0, 0.1) is 10.1 Å². The Morgan fingerprint density at radius 3 is 2.94 bits per heavy atom. The van der Waals surface area contributed by atoms with Gasteiger partial charge in [0.05, 0.1) is 4.92 Å². The molecule has 6 nitrogen and oxygen atoms in total. The van der Waals surface area contributed by atoms with Gasteiger partial charge < -0.3 is 5.32 Å². The zero-order valence-corrected chi connectivity index (χ0v) is 10.9. The summed E-state index contributed by atoms with van der Waals surface area (Å²) in [5.74, 6) is 1.26. The van der Waals surface area contributed by atoms with E-state index >= 15 is 0 Å². The second kappa shape index (κ2) is 7.29. The van der Waals surface area contributed by atoms with Gasteiger partial charge in [-0.15, -0.1) is 0 Å². The average Bonchev–Trinajstić information content (AvgIpc) is 2.28. The Hall–Kier alpha value is -1.08. The highest BCUT2D eigenvalue weighted by Crippen LogP contribution is 2.28. The molecule has 1 aromatic rings. The summed E-state index contributed by atoms with van der Waals surface area (Å²) in [7, 11) is 0. The van der Waals surface area contributed by atoms with Gasteiger partial charge in [0.25, 0.3) is 0 Å². The second-order valence-electron chi connectivity index (χ2n) is 3.25. The van der Waals surface area contributed by atoms with Crippen LogP contribution in [0.25, 0.3) is 0 Å². The molecule has 1 aromatic heterocycles. The quantitative estimate of drug-likeness (QED) is 0.357. The van der Waals surface area contributed by atoms with E-state index in [9.17, 15) is 10.1 Å². The summed E-state index contributed by atoms with van der Waals surface area (Å²) in [4.78, 5) is 17.6. The fraction of sp³-hybridized carbons (Fsp3) is 0.556. The Balaban J connectivity index is 2.58. The summed E-state index contributed by atoms with van der Waals surface area (Å²) in [6, 6.07) is 0. The molecular formula is C9H13ClN4O2S. The summed E-state index contributed by atoms with van der Waals surface area (Å²) < 4.78 is 0. The lowest BCUT2D eigenvalue weighted by molar-refractivity contribution is -0.384. The summed E-state index contributed by atoms with van der Waals surface area (Å²) in [5.41, 5.74) is -0.265. The summed E-state index contributed by atoms with van der Waals surface area (Å²) in [5, 5.41) is 13.5. The molecule has 0 unspecified atom stereocenters. The van der Waals surface area contributed by atoms with Crippen molar-refractivity contribution in [2.45, 2.75) is 12.8 Å². The van der Waals surface area contributed by atoms with Crippen LogP contribution in [0.5, 0.6) is 0 Å². The number of aromatic nitrogens is 2. The summed E-state index contributed by atoms with van der Waals surface area (Å²) >= 11 is 7.43. The number of unbranched alkanes of at least 4 members (excludes halogenated alkanes) is 1. The summed E-state index contributed by atoms with van der Waals surface area (Å²) in [6.07, 6.45) is 5.24. The first-order chi connectivity index (χ1) is 8.16. The number of thioether (sulfide) groups is 1. The van der Waals surface area contributed by atoms with Gasteiger partial charge in [0.1, 0.15) is 6.33 Å². The van der Waals surface area contributed by atoms with Gasteiger partial charge in [0.2, 0.25) is 11.0 Å². The van der Waals surface area contributed by atoms with Gasteiger partial charge >= 0.3 is 5.69 Å². The molecule has 1 rings (SSSR count). The largest absolute Gasteiger partial charge is 0.364 e. The number of rotatable bonds is 7. The Bertz CT molecular complexity index is 391. The Morgan fingerprint density at radius 2 is 2.29 bits per heavy atom. The van der Waals surface area contributed by atoms with Crippen molar-refractivity contribution in [1.29, 1.82) is 0 Å². The van der Waals surface area contributed by atoms with Gasteiger partial charge in [-0.05, 0) is 24.9 Å². The fourth-order valence-electron chi connectivity index (χ4n) is 1.23. The topological polar surface area (TPSA) is 81.0 Å². The first kappa shape index (κ1) is 14.0. The lowest BCUT2D eigenvalue weighted by atomic mass is 10.3. The molecule has 0 bridgehead atoms. The van der Waals surface area contributed by atoms with Crippen LogP contribution in [0.2, 0.25) is 5.15 Å². The number of hydrogen-bond acceptors (Lipinski definition) is 6. The van der Waals surface area contributed by atoms with Crippen molar-refractivity contribution < 1.29 is 4.92 Å². The van der Waals surface area contributed by atoms with Crippen LogP contribution in [-0.2, 0) is 0 Å². The van der Waals surface area contributed by atoms with E-state index in [1.807, 2.05) is 6.26 Å². The Morgan fingerprint density at radius 1 is 1.53 bits per heavy atom. The maximum absolute atomic E-state index is 10.8. The van der Waals surface area contributed by atoms with Crippen LogP contribution in [0.1, 0.15) is 12.8 Å². The highest BCUT2D eigenvalue weighted by atomic mass is 35.5. The molecule has 0 aliphatic carbocycles. The summed E-state index contributed by atoms with van der Waals surface area (Å²) in [6.45, 7) is 0.634. The van der Waals surface area contributed by atoms with Crippen LogP contribution < -0.4 is 5.32 Å². The van der Waals surface area contributed by atoms with Gasteiger partial charge in [0, 0.05) is 6.54 Å². The van der Waals surface area contributed by atoms with Crippen molar-refractivity contribution in [1.82, 2.24) is 9.97 Å². The predicted molar refractivity (Wildman–Crippen MR) is 69.8 cm³/mol. The van der Waals surface area contributed by atoms with Gasteiger partial charge in [-0.2, -0.15) is 11.8 Å². The second-order valence-corrected chi connectivity index (χ2v) is 4.59. The molecule has 1 N–H and O–H groups in total. The maximum atomic E-state index is 10.8. The van der Waals surface area contributed by atoms with E-state index in [0.717, 1.165) is 18.6 Å². The van der Waals surface area contributed by atoms with E-state index < -0.39 is 4.92 Å². The van der Waals surface area contributed by atoms with Crippen LogP contribution in [0.3, 0.4) is 0 Å². The first-order valence-electron chi connectivity index (χ1n) is 5.04. The molecule has 0 radical (unpaired) electrons. The van der Waals surface area contributed by atoms with Gasteiger partial charge in [-0.3, -0.25) is 10.1 Å². The monoisotopic (exact) mass is 276 g/mol. The number of hydrogen-bond donors (Lipinski definition) is 1.